The Morgan fingerprint density at radius 3 is 1.72 bits per heavy atom. The molecule has 0 aliphatic heterocycles. The van der Waals surface area contributed by atoms with Crippen LogP contribution in [0.15, 0.2) is 103 Å². The van der Waals surface area contributed by atoms with Gasteiger partial charge in [-0.25, -0.2) is 0 Å². The molecule has 6 aromatic rings. The Morgan fingerprint density at radius 1 is 0.528 bits per heavy atom. The van der Waals surface area contributed by atoms with Gasteiger partial charge in [0.2, 0.25) is 0 Å². The monoisotopic (exact) mass is 463 g/mol. The predicted octanol–water partition coefficient (Wildman–Crippen LogP) is 9.87. The number of aryl methyl sites for hydroxylation is 2. The molecular weight excluding hydrogens is 434 g/mol. The molecule has 0 heterocycles. The molecule has 1 aliphatic rings. The average molecular weight is 464 g/mol. The minimum Gasteiger partial charge on any atom is -0.310 e. The molecule has 0 amide bonds. The molecule has 1 aliphatic carbocycles. The molecule has 0 N–H and O–H groups in total. The number of anilines is 3. The van der Waals surface area contributed by atoms with Crippen LogP contribution in [0, 0.1) is 13.8 Å². The molecular formula is C35H29N. The normalized spacial score (nSPS) is 13.8. The first-order valence-corrected chi connectivity index (χ1v) is 12.8. The molecule has 0 aromatic heterocycles. The zero-order valence-corrected chi connectivity index (χ0v) is 21.3. The molecule has 0 unspecified atom stereocenters. The van der Waals surface area contributed by atoms with Crippen LogP contribution in [0.2, 0.25) is 0 Å². The molecule has 0 saturated heterocycles. The minimum absolute atomic E-state index is 0.0719. The fourth-order valence-electron chi connectivity index (χ4n) is 6.23. The second-order valence-electron chi connectivity index (χ2n) is 10.8. The predicted molar refractivity (Wildman–Crippen MR) is 155 cm³/mol. The maximum atomic E-state index is 2.43. The summed E-state index contributed by atoms with van der Waals surface area (Å²) < 4.78 is 0. The summed E-state index contributed by atoms with van der Waals surface area (Å²) in [5.41, 5.74) is 8.87. The third-order valence-corrected chi connectivity index (χ3v) is 8.13. The fourth-order valence-corrected chi connectivity index (χ4v) is 6.23. The number of nitrogens with zero attached hydrogens (tertiary/aromatic N) is 1. The van der Waals surface area contributed by atoms with Crippen LogP contribution in [-0.4, -0.2) is 0 Å². The highest BCUT2D eigenvalue weighted by Crippen LogP contribution is 2.52. The molecule has 0 spiro atoms. The van der Waals surface area contributed by atoms with E-state index in [-0.39, 0.29) is 5.41 Å². The van der Waals surface area contributed by atoms with E-state index in [0.717, 1.165) is 0 Å². The van der Waals surface area contributed by atoms with E-state index in [1.807, 2.05) is 0 Å². The highest BCUT2D eigenvalue weighted by atomic mass is 15.1. The Bertz CT molecular complexity index is 1760. The lowest BCUT2D eigenvalue weighted by atomic mass is 9.69. The van der Waals surface area contributed by atoms with E-state index >= 15 is 0 Å². The van der Waals surface area contributed by atoms with Gasteiger partial charge < -0.3 is 4.90 Å². The highest BCUT2D eigenvalue weighted by Gasteiger charge is 2.33. The van der Waals surface area contributed by atoms with Gasteiger partial charge >= 0.3 is 0 Å². The molecule has 174 valence electrons. The highest BCUT2D eigenvalue weighted by molar-refractivity contribution is 6.27. The third-order valence-electron chi connectivity index (χ3n) is 8.13. The number of hydrogen-bond acceptors (Lipinski definition) is 1. The summed E-state index contributed by atoms with van der Waals surface area (Å²) >= 11 is 0. The first-order valence-electron chi connectivity index (χ1n) is 12.8. The average Bonchev–Trinajstić information content (AvgIpc) is 2.89. The lowest BCUT2D eigenvalue weighted by Gasteiger charge is -2.35. The number of hydrogen-bond donors (Lipinski definition) is 0. The van der Waals surface area contributed by atoms with Crippen molar-refractivity contribution in [2.24, 2.45) is 0 Å². The van der Waals surface area contributed by atoms with Crippen molar-refractivity contribution < 1.29 is 0 Å². The van der Waals surface area contributed by atoms with E-state index in [9.17, 15) is 0 Å². The SMILES string of the molecule is Cc1ccc(N(c2ccc(C)cc2)c2cc3ccc4cccc5c4c3c3c(cccc23)C5(C)C)cc1. The Labute approximate surface area is 212 Å². The molecule has 1 nitrogen and oxygen atoms in total. The Kier molecular flexibility index (Phi) is 4.39. The van der Waals surface area contributed by atoms with Crippen LogP contribution in [0.3, 0.4) is 0 Å². The first-order chi connectivity index (χ1) is 17.4. The van der Waals surface area contributed by atoms with Crippen molar-refractivity contribution in [3.8, 4) is 0 Å². The first kappa shape index (κ1) is 21.2. The quantitative estimate of drug-likeness (QED) is 0.236. The maximum Gasteiger partial charge on any atom is 0.0546 e. The Balaban J connectivity index is 1.65. The van der Waals surface area contributed by atoms with Crippen molar-refractivity contribution in [3.63, 3.8) is 0 Å². The van der Waals surface area contributed by atoms with Gasteiger partial charge in [0.15, 0.2) is 0 Å². The zero-order valence-electron chi connectivity index (χ0n) is 21.3. The van der Waals surface area contributed by atoms with Gasteiger partial charge in [0.05, 0.1) is 5.69 Å². The standard InChI is InChI=1S/C35H29N/c1-22-11-17-26(18-12-22)36(27-19-13-23(2)14-20-27)31-21-25-16-15-24-7-5-9-29-32(24)33(25)34-28(31)8-6-10-30(34)35(29,3)4/h5-21H,1-4H3. The van der Waals surface area contributed by atoms with Crippen molar-refractivity contribution in [1.29, 1.82) is 0 Å². The van der Waals surface area contributed by atoms with Crippen molar-refractivity contribution in [2.45, 2.75) is 33.1 Å². The van der Waals surface area contributed by atoms with E-state index in [2.05, 4.69) is 136 Å². The van der Waals surface area contributed by atoms with Gasteiger partial charge in [0, 0.05) is 22.2 Å². The van der Waals surface area contributed by atoms with Crippen LogP contribution in [0.1, 0.15) is 36.1 Å². The second-order valence-corrected chi connectivity index (χ2v) is 10.8. The number of rotatable bonds is 3. The van der Waals surface area contributed by atoms with Gasteiger partial charge in [-0.15, -0.1) is 0 Å². The third kappa shape index (κ3) is 2.89. The van der Waals surface area contributed by atoms with Crippen LogP contribution < -0.4 is 4.90 Å². The largest absolute Gasteiger partial charge is 0.310 e. The van der Waals surface area contributed by atoms with Gasteiger partial charge in [-0.1, -0.05) is 97.8 Å². The molecule has 0 fully saturated rings. The molecule has 1 heteroatoms. The van der Waals surface area contributed by atoms with Crippen LogP contribution in [-0.2, 0) is 5.41 Å². The van der Waals surface area contributed by atoms with Crippen molar-refractivity contribution in [1.82, 2.24) is 0 Å². The van der Waals surface area contributed by atoms with Crippen molar-refractivity contribution in [3.05, 3.63) is 125 Å². The summed E-state index contributed by atoms with van der Waals surface area (Å²) in [6, 6.07) is 38.5. The zero-order chi connectivity index (χ0) is 24.6. The summed E-state index contributed by atoms with van der Waals surface area (Å²) in [5, 5.41) is 8.12. The lowest BCUT2D eigenvalue weighted by Crippen LogP contribution is -2.22. The van der Waals surface area contributed by atoms with Crippen LogP contribution in [0.4, 0.5) is 17.1 Å². The van der Waals surface area contributed by atoms with Gasteiger partial charge in [0.1, 0.15) is 0 Å². The van der Waals surface area contributed by atoms with E-state index < -0.39 is 0 Å². The molecule has 0 saturated carbocycles. The molecule has 0 atom stereocenters. The topological polar surface area (TPSA) is 3.24 Å². The number of benzene rings is 6. The summed E-state index contributed by atoms with van der Waals surface area (Å²) in [4.78, 5) is 2.43. The molecule has 7 rings (SSSR count). The van der Waals surface area contributed by atoms with E-state index in [4.69, 9.17) is 0 Å². The van der Waals surface area contributed by atoms with Gasteiger partial charge in [-0.3, -0.25) is 0 Å². The summed E-state index contributed by atoms with van der Waals surface area (Å²) in [7, 11) is 0. The Hall–Kier alpha value is -4.10. The Morgan fingerprint density at radius 2 is 1.08 bits per heavy atom. The van der Waals surface area contributed by atoms with E-state index in [1.54, 1.807) is 0 Å². The van der Waals surface area contributed by atoms with E-state index in [1.165, 1.54) is 71.6 Å². The molecule has 0 bridgehead atoms. The van der Waals surface area contributed by atoms with Crippen LogP contribution in [0.5, 0.6) is 0 Å². The van der Waals surface area contributed by atoms with Crippen molar-refractivity contribution in [2.75, 3.05) is 4.90 Å². The van der Waals surface area contributed by atoms with Crippen LogP contribution in [0.25, 0.3) is 32.3 Å². The van der Waals surface area contributed by atoms with Crippen molar-refractivity contribution >= 4 is 49.4 Å². The smallest absolute Gasteiger partial charge is 0.0546 e. The second kappa shape index (κ2) is 7.45. The molecule has 0 radical (unpaired) electrons. The maximum absolute atomic E-state index is 2.43. The minimum atomic E-state index is -0.0719. The van der Waals surface area contributed by atoms with Gasteiger partial charge in [0.25, 0.3) is 0 Å². The fraction of sp³-hybridized carbons (Fsp3) is 0.143. The summed E-state index contributed by atoms with van der Waals surface area (Å²) in [5.74, 6) is 0. The van der Waals surface area contributed by atoms with E-state index in [0.29, 0.717) is 0 Å². The van der Waals surface area contributed by atoms with Crippen LogP contribution >= 0.6 is 0 Å². The lowest BCUT2D eigenvalue weighted by molar-refractivity contribution is 0.652. The molecule has 6 aromatic carbocycles. The van der Waals surface area contributed by atoms with Gasteiger partial charge in [-0.2, -0.15) is 0 Å². The summed E-state index contributed by atoms with van der Waals surface area (Å²) in [6.45, 7) is 9.05. The molecule has 36 heavy (non-hydrogen) atoms. The van der Waals surface area contributed by atoms with Gasteiger partial charge in [-0.05, 0) is 82.2 Å². The summed E-state index contributed by atoms with van der Waals surface area (Å²) in [6.07, 6.45) is 0.